The summed E-state index contributed by atoms with van der Waals surface area (Å²) in [5, 5.41) is 4.60. The lowest BCUT2D eigenvalue weighted by atomic mass is 10.0. The van der Waals surface area contributed by atoms with Gasteiger partial charge < -0.3 is 14.7 Å². The van der Waals surface area contributed by atoms with Crippen molar-refractivity contribution in [3.05, 3.63) is 53.8 Å². The molecule has 0 bridgehead atoms. The van der Waals surface area contributed by atoms with Crippen LogP contribution in [-0.4, -0.2) is 16.5 Å². The van der Waals surface area contributed by atoms with Gasteiger partial charge in [-0.05, 0) is 12.1 Å². The molecule has 1 atom stereocenters. The molecule has 4 rings (SSSR count). The molecule has 0 fully saturated rings. The van der Waals surface area contributed by atoms with Crippen LogP contribution < -0.4 is 5.32 Å². The summed E-state index contributed by atoms with van der Waals surface area (Å²) in [5.41, 5.74) is 3.19. The maximum atomic E-state index is 5.92. The largest absolute Gasteiger partial charge is 0.459 e. The van der Waals surface area contributed by atoms with Crippen LogP contribution in [-0.2, 0) is 6.42 Å². The van der Waals surface area contributed by atoms with Gasteiger partial charge in [0.2, 0.25) is 0 Å². The third-order valence-corrected chi connectivity index (χ3v) is 3.48. The van der Waals surface area contributed by atoms with E-state index in [4.69, 9.17) is 4.42 Å². The molecule has 1 aliphatic heterocycles. The SMILES string of the molecule is c1ccc2oc(C3NCCc4[nH]cnc43)cc2c1. The van der Waals surface area contributed by atoms with Crippen LogP contribution in [0.2, 0.25) is 0 Å². The number of H-pyrrole nitrogens is 1. The Balaban J connectivity index is 1.84. The Morgan fingerprint density at radius 3 is 3.17 bits per heavy atom. The van der Waals surface area contributed by atoms with Gasteiger partial charge in [0.25, 0.3) is 0 Å². The van der Waals surface area contributed by atoms with E-state index >= 15 is 0 Å². The minimum absolute atomic E-state index is 0.0624. The van der Waals surface area contributed by atoms with E-state index < -0.39 is 0 Å². The minimum Gasteiger partial charge on any atom is -0.459 e. The lowest BCUT2D eigenvalue weighted by molar-refractivity contribution is 0.449. The first-order valence-corrected chi connectivity index (χ1v) is 6.16. The van der Waals surface area contributed by atoms with Gasteiger partial charge in [0.05, 0.1) is 12.0 Å². The zero-order valence-electron chi connectivity index (χ0n) is 9.81. The number of aromatic nitrogens is 2. The summed E-state index contributed by atoms with van der Waals surface area (Å²) in [5.74, 6) is 0.934. The van der Waals surface area contributed by atoms with Crippen molar-refractivity contribution < 1.29 is 4.42 Å². The van der Waals surface area contributed by atoms with E-state index in [1.165, 1.54) is 5.69 Å². The number of benzene rings is 1. The molecular formula is C14H13N3O. The Morgan fingerprint density at radius 2 is 2.22 bits per heavy atom. The van der Waals surface area contributed by atoms with Crippen LogP contribution in [0.25, 0.3) is 11.0 Å². The number of imidazole rings is 1. The molecule has 0 aliphatic carbocycles. The van der Waals surface area contributed by atoms with E-state index in [0.717, 1.165) is 35.4 Å². The van der Waals surface area contributed by atoms with E-state index in [-0.39, 0.29) is 6.04 Å². The molecule has 2 aromatic heterocycles. The highest BCUT2D eigenvalue weighted by Crippen LogP contribution is 2.30. The van der Waals surface area contributed by atoms with Gasteiger partial charge in [0.15, 0.2) is 0 Å². The Morgan fingerprint density at radius 1 is 1.28 bits per heavy atom. The molecule has 4 nitrogen and oxygen atoms in total. The highest BCUT2D eigenvalue weighted by atomic mass is 16.3. The molecule has 3 heterocycles. The van der Waals surface area contributed by atoms with Crippen LogP contribution in [0, 0.1) is 0 Å². The topological polar surface area (TPSA) is 53.9 Å². The van der Waals surface area contributed by atoms with Crippen LogP contribution in [0.5, 0.6) is 0 Å². The van der Waals surface area contributed by atoms with Gasteiger partial charge in [-0.25, -0.2) is 4.98 Å². The fourth-order valence-corrected chi connectivity index (χ4v) is 2.60. The molecule has 0 spiro atoms. The standard InChI is InChI=1S/C14H13N3O/c1-2-4-11-9(3-1)7-12(18-11)14-13-10(5-6-15-14)16-8-17-13/h1-4,7-8,14-15H,5-6H2,(H,16,17). The van der Waals surface area contributed by atoms with Crippen LogP contribution in [0.15, 0.2) is 41.1 Å². The third kappa shape index (κ3) is 1.39. The number of nitrogens with zero attached hydrogens (tertiary/aromatic N) is 1. The lowest BCUT2D eigenvalue weighted by Crippen LogP contribution is -2.30. The first kappa shape index (κ1) is 9.91. The average molecular weight is 239 g/mol. The quantitative estimate of drug-likeness (QED) is 0.685. The number of rotatable bonds is 1. The zero-order chi connectivity index (χ0) is 11.9. The van der Waals surface area contributed by atoms with Crippen LogP contribution in [0.4, 0.5) is 0 Å². The normalized spacial score (nSPS) is 19.0. The van der Waals surface area contributed by atoms with Crippen molar-refractivity contribution in [1.82, 2.24) is 15.3 Å². The fourth-order valence-electron chi connectivity index (χ4n) is 2.60. The summed E-state index contributed by atoms with van der Waals surface area (Å²) in [6.07, 6.45) is 2.75. The Bertz CT molecular complexity index is 665. The number of furan rings is 1. The minimum atomic E-state index is 0.0624. The molecule has 90 valence electrons. The third-order valence-electron chi connectivity index (χ3n) is 3.48. The van der Waals surface area contributed by atoms with Gasteiger partial charge in [-0.3, -0.25) is 0 Å². The molecule has 4 heteroatoms. The Labute approximate surface area is 104 Å². The number of hydrogen-bond acceptors (Lipinski definition) is 3. The highest BCUT2D eigenvalue weighted by molar-refractivity contribution is 5.77. The summed E-state index contributed by atoms with van der Waals surface area (Å²) < 4.78 is 5.92. The first-order valence-electron chi connectivity index (χ1n) is 6.16. The number of nitrogens with one attached hydrogen (secondary N) is 2. The Kier molecular flexibility index (Phi) is 2.04. The van der Waals surface area contributed by atoms with E-state index in [2.05, 4.69) is 27.4 Å². The number of hydrogen-bond donors (Lipinski definition) is 2. The van der Waals surface area contributed by atoms with Gasteiger partial charge in [-0.15, -0.1) is 0 Å². The van der Waals surface area contributed by atoms with E-state index in [1.807, 2.05) is 18.2 Å². The van der Waals surface area contributed by atoms with Crippen LogP contribution in [0.3, 0.4) is 0 Å². The lowest BCUT2D eigenvalue weighted by Gasteiger charge is -2.20. The van der Waals surface area contributed by atoms with Crippen molar-refractivity contribution in [3.63, 3.8) is 0 Å². The second-order valence-corrected chi connectivity index (χ2v) is 4.59. The summed E-state index contributed by atoms with van der Waals surface area (Å²) in [7, 11) is 0. The van der Waals surface area contributed by atoms with Crippen molar-refractivity contribution in [3.8, 4) is 0 Å². The zero-order valence-corrected chi connectivity index (χ0v) is 9.81. The van der Waals surface area contributed by atoms with Crippen LogP contribution >= 0.6 is 0 Å². The number of fused-ring (bicyclic) bond motifs is 2. The second kappa shape index (κ2) is 3.71. The van der Waals surface area contributed by atoms with Gasteiger partial charge in [-0.2, -0.15) is 0 Å². The maximum absolute atomic E-state index is 5.92. The monoisotopic (exact) mass is 239 g/mol. The molecule has 1 aromatic carbocycles. The summed E-state index contributed by atoms with van der Waals surface area (Å²) in [6, 6.07) is 10.2. The van der Waals surface area contributed by atoms with Crippen molar-refractivity contribution in [2.45, 2.75) is 12.5 Å². The maximum Gasteiger partial charge on any atom is 0.134 e. The number of aromatic amines is 1. The molecule has 0 radical (unpaired) electrons. The van der Waals surface area contributed by atoms with Gasteiger partial charge in [-0.1, -0.05) is 18.2 Å². The fraction of sp³-hybridized carbons (Fsp3) is 0.214. The molecule has 0 saturated carbocycles. The molecule has 0 amide bonds. The van der Waals surface area contributed by atoms with E-state index in [1.54, 1.807) is 6.33 Å². The predicted molar refractivity (Wildman–Crippen MR) is 68.4 cm³/mol. The molecule has 18 heavy (non-hydrogen) atoms. The summed E-state index contributed by atoms with van der Waals surface area (Å²) >= 11 is 0. The molecule has 1 unspecified atom stereocenters. The summed E-state index contributed by atoms with van der Waals surface area (Å²) in [6.45, 7) is 0.941. The van der Waals surface area contributed by atoms with Crippen molar-refractivity contribution in [2.24, 2.45) is 0 Å². The average Bonchev–Trinajstić information content (AvgIpc) is 3.04. The van der Waals surface area contributed by atoms with Gasteiger partial charge in [0, 0.05) is 24.0 Å². The van der Waals surface area contributed by atoms with Crippen molar-refractivity contribution in [1.29, 1.82) is 0 Å². The molecule has 1 aliphatic rings. The smallest absolute Gasteiger partial charge is 0.134 e. The van der Waals surface area contributed by atoms with E-state index in [9.17, 15) is 0 Å². The highest BCUT2D eigenvalue weighted by Gasteiger charge is 2.26. The predicted octanol–water partition coefficient (Wildman–Crippen LogP) is 2.39. The van der Waals surface area contributed by atoms with Crippen LogP contribution in [0.1, 0.15) is 23.2 Å². The van der Waals surface area contributed by atoms with Gasteiger partial charge >= 0.3 is 0 Å². The second-order valence-electron chi connectivity index (χ2n) is 4.59. The summed E-state index contributed by atoms with van der Waals surface area (Å²) in [4.78, 5) is 7.61. The Hall–Kier alpha value is -2.07. The van der Waals surface area contributed by atoms with E-state index in [0.29, 0.717) is 0 Å². The molecule has 3 aromatic rings. The number of para-hydroxylation sites is 1. The van der Waals surface area contributed by atoms with Crippen molar-refractivity contribution in [2.75, 3.05) is 6.54 Å². The molecule has 2 N–H and O–H groups in total. The first-order chi connectivity index (χ1) is 8.92. The molecular weight excluding hydrogens is 226 g/mol. The molecule has 0 saturated heterocycles. The van der Waals surface area contributed by atoms with Crippen molar-refractivity contribution >= 4 is 11.0 Å². The van der Waals surface area contributed by atoms with Gasteiger partial charge in [0.1, 0.15) is 17.4 Å².